The molecule has 0 saturated heterocycles. The molecule has 0 aliphatic carbocycles. The van der Waals surface area contributed by atoms with Crippen molar-refractivity contribution in [3.05, 3.63) is 88.1 Å². The highest BCUT2D eigenvalue weighted by Crippen LogP contribution is 2.36. The van der Waals surface area contributed by atoms with Crippen LogP contribution in [-0.4, -0.2) is 20.4 Å². The molecule has 0 radical (unpaired) electrons. The average Bonchev–Trinajstić information content (AvgIpc) is 3.06. The third-order valence-corrected chi connectivity index (χ3v) is 7.39. The third-order valence-electron chi connectivity index (χ3n) is 4.98. The lowest BCUT2D eigenvalue weighted by Gasteiger charge is -2.24. The second-order valence-corrected chi connectivity index (χ2v) is 9.82. The lowest BCUT2D eigenvalue weighted by molar-refractivity contribution is 0.102. The predicted molar refractivity (Wildman–Crippen MR) is 118 cm³/mol. The first kappa shape index (κ1) is 20.6. The van der Waals surface area contributed by atoms with Crippen LogP contribution in [0.1, 0.15) is 22.8 Å². The molecule has 1 atom stereocenters. The molecule has 1 heterocycles. The Morgan fingerprint density at radius 3 is 2.63 bits per heavy atom. The lowest BCUT2D eigenvalue weighted by Crippen LogP contribution is -2.35. The lowest BCUT2D eigenvalue weighted by atomic mass is 10.1. The molecule has 3 aromatic rings. The third kappa shape index (κ3) is 3.73. The van der Waals surface area contributed by atoms with E-state index in [1.165, 1.54) is 40.7 Å². The van der Waals surface area contributed by atoms with Crippen molar-refractivity contribution >= 4 is 43.2 Å². The first-order valence-electron chi connectivity index (χ1n) is 9.26. The number of anilines is 2. The van der Waals surface area contributed by atoms with Gasteiger partial charge in [0, 0.05) is 16.1 Å². The molecular weight excluding hydrogens is 471 g/mol. The Morgan fingerprint density at radius 2 is 1.87 bits per heavy atom. The van der Waals surface area contributed by atoms with Crippen molar-refractivity contribution in [2.75, 3.05) is 9.62 Å². The zero-order chi connectivity index (χ0) is 21.5. The number of nitrogens with one attached hydrogen (secondary N) is 1. The van der Waals surface area contributed by atoms with Gasteiger partial charge in [0.25, 0.3) is 15.9 Å². The number of fused-ring (bicyclic) bond motifs is 1. The van der Waals surface area contributed by atoms with Gasteiger partial charge in [-0.05, 0) is 61.4 Å². The molecule has 30 heavy (non-hydrogen) atoms. The predicted octanol–water partition coefficient (Wildman–Crippen LogP) is 4.98. The molecule has 0 saturated carbocycles. The van der Waals surface area contributed by atoms with Crippen molar-refractivity contribution in [2.24, 2.45) is 0 Å². The van der Waals surface area contributed by atoms with Crippen molar-refractivity contribution in [1.29, 1.82) is 0 Å². The fraction of sp³-hybridized carbons (Fsp3) is 0.136. The number of hydrogen-bond donors (Lipinski definition) is 1. The Kier molecular flexibility index (Phi) is 5.38. The van der Waals surface area contributed by atoms with E-state index in [1.807, 2.05) is 19.1 Å². The van der Waals surface area contributed by atoms with E-state index in [0.29, 0.717) is 16.6 Å². The summed E-state index contributed by atoms with van der Waals surface area (Å²) in [7, 11) is -3.87. The summed E-state index contributed by atoms with van der Waals surface area (Å²) < 4.78 is 42.7. The van der Waals surface area contributed by atoms with Crippen molar-refractivity contribution in [2.45, 2.75) is 24.3 Å². The van der Waals surface area contributed by atoms with Gasteiger partial charge < -0.3 is 5.32 Å². The number of sulfonamides is 1. The van der Waals surface area contributed by atoms with Crippen LogP contribution in [0.2, 0.25) is 0 Å². The molecule has 1 aliphatic rings. The average molecular weight is 489 g/mol. The van der Waals surface area contributed by atoms with Crippen LogP contribution in [0, 0.1) is 5.82 Å². The van der Waals surface area contributed by atoms with Crippen molar-refractivity contribution in [3.8, 4) is 0 Å². The zero-order valence-corrected chi connectivity index (χ0v) is 18.4. The molecule has 0 spiro atoms. The molecule has 5 nitrogen and oxygen atoms in total. The number of amides is 1. The molecule has 1 unspecified atom stereocenters. The second kappa shape index (κ2) is 7.85. The van der Waals surface area contributed by atoms with Gasteiger partial charge in [-0.15, -0.1) is 0 Å². The Morgan fingerprint density at radius 1 is 1.10 bits per heavy atom. The molecule has 1 aliphatic heterocycles. The Labute approximate surface area is 182 Å². The normalized spacial score (nSPS) is 15.7. The fourth-order valence-electron chi connectivity index (χ4n) is 3.60. The van der Waals surface area contributed by atoms with Crippen molar-refractivity contribution < 1.29 is 17.6 Å². The van der Waals surface area contributed by atoms with Gasteiger partial charge in [0.2, 0.25) is 0 Å². The van der Waals surface area contributed by atoms with Gasteiger partial charge in [0.1, 0.15) is 5.82 Å². The van der Waals surface area contributed by atoms with E-state index in [-0.39, 0.29) is 22.2 Å². The minimum absolute atomic E-state index is 0.00924. The molecule has 3 aromatic carbocycles. The summed E-state index contributed by atoms with van der Waals surface area (Å²) in [5.74, 6) is -1.19. The Hall–Kier alpha value is -2.71. The molecule has 1 N–H and O–H groups in total. The molecular formula is C22H18BrFN2O3S. The van der Waals surface area contributed by atoms with Crippen molar-refractivity contribution in [3.63, 3.8) is 0 Å². The molecule has 0 aromatic heterocycles. The van der Waals surface area contributed by atoms with Gasteiger partial charge in [0.15, 0.2) is 0 Å². The largest absolute Gasteiger partial charge is 0.319 e. The number of carbonyl (C=O) groups is 1. The van der Waals surface area contributed by atoms with Gasteiger partial charge >= 0.3 is 0 Å². The second-order valence-electron chi connectivity index (χ2n) is 7.09. The van der Waals surface area contributed by atoms with Crippen LogP contribution < -0.4 is 9.62 Å². The molecule has 4 rings (SSSR count). The number of carbonyl (C=O) groups excluding carboxylic acids is 1. The summed E-state index contributed by atoms with van der Waals surface area (Å²) in [4.78, 5) is 12.6. The van der Waals surface area contributed by atoms with Crippen LogP contribution in [-0.2, 0) is 16.4 Å². The minimum atomic E-state index is -3.87. The quantitative estimate of drug-likeness (QED) is 0.562. The first-order chi connectivity index (χ1) is 14.3. The number of para-hydroxylation sites is 1. The highest BCUT2D eigenvalue weighted by atomic mass is 79.9. The van der Waals surface area contributed by atoms with E-state index in [2.05, 4.69) is 21.2 Å². The monoisotopic (exact) mass is 488 g/mol. The SMILES string of the molecule is CC1Cc2ccccc2N1S(=O)(=O)c1cccc(C(=O)Nc2ccc(Br)cc2F)c1. The van der Waals surface area contributed by atoms with Crippen LogP contribution in [0.5, 0.6) is 0 Å². The van der Waals surface area contributed by atoms with Crippen LogP contribution in [0.3, 0.4) is 0 Å². The van der Waals surface area contributed by atoms with E-state index in [4.69, 9.17) is 0 Å². The van der Waals surface area contributed by atoms with Gasteiger partial charge in [0.05, 0.1) is 16.3 Å². The summed E-state index contributed by atoms with van der Waals surface area (Å²) in [5.41, 5.74) is 1.75. The maximum absolute atomic E-state index is 14.0. The van der Waals surface area contributed by atoms with E-state index >= 15 is 0 Å². The number of benzene rings is 3. The van der Waals surface area contributed by atoms with Crippen LogP contribution in [0.4, 0.5) is 15.8 Å². The first-order valence-corrected chi connectivity index (χ1v) is 11.5. The maximum Gasteiger partial charge on any atom is 0.264 e. The van der Waals surface area contributed by atoms with Crippen LogP contribution in [0.15, 0.2) is 76.1 Å². The topological polar surface area (TPSA) is 66.5 Å². The van der Waals surface area contributed by atoms with Crippen LogP contribution >= 0.6 is 15.9 Å². The molecule has 154 valence electrons. The smallest absolute Gasteiger partial charge is 0.264 e. The molecule has 1 amide bonds. The summed E-state index contributed by atoms with van der Waals surface area (Å²) >= 11 is 3.16. The summed E-state index contributed by atoms with van der Waals surface area (Å²) in [6, 6.07) is 17.2. The fourth-order valence-corrected chi connectivity index (χ4v) is 5.67. The molecule has 8 heteroatoms. The summed E-state index contributed by atoms with van der Waals surface area (Å²) in [6.45, 7) is 1.85. The number of rotatable bonds is 4. The Balaban J connectivity index is 1.65. The van der Waals surface area contributed by atoms with E-state index in [1.54, 1.807) is 18.2 Å². The Bertz CT molecular complexity index is 1250. The van der Waals surface area contributed by atoms with Gasteiger partial charge in [-0.25, -0.2) is 12.8 Å². The highest BCUT2D eigenvalue weighted by molar-refractivity contribution is 9.10. The van der Waals surface area contributed by atoms with Crippen molar-refractivity contribution in [1.82, 2.24) is 0 Å². The maximum atomic E-state index is 14.0. The van der Waals surface area contributed by atoms with Gasteiger partial charge in [-0.3, -0.25) is 9.10 Å². The standard InChI is InChI=1S/C22H18BrFN2O3S/c1-14-11-15-5-2-3-8-21(15)26(14)30(28,29)18-7-4-6-16(12-18)22(27)25-20-10-9-17(23)13-19(20)24/h2-10,12-14H,11H2,1H3,(H,25,27). The number of halogens is 2. The summed E-state index contributed by atoms with van der Waals surface area (Å²) in [6.07, 6.45) is 0.623. The van der Waals surface area contributed by atoms with Gasteiger partial charge in [-0.2, -0.15) is 0 Å². The highest BCUT2D eigenvalue weighted by Gasteiger charge is 2.36. The number of hydrogen-bond acceptors (Lipinski definition) is 3. The van der Waals surface area contributed by atoms with E-state index < -0.39 is 21.7 Å². The minimum Gasteiger partial charge on any atom is -0.319 e. The molecule has 0 bridgehead atoms. The molecule has 0 fully saturated rings. The summed E-state index contributed by atoms with van der Waals surface area (Å²) in [5, 5.41) is 2.48. The van der Waals surface area contributed by atoms with Gasteiger partial charge in [-0.1, -0.05) is 40.2 Å². The zero-order valence-electron chi connectivity index (χ0n) is 16.0. The number of nitrogens with zero attached hydrogens (tertiary/aromatic N) is 1. The van der Waals surface area contributed by atoms with E-state index in [0.717, 1.165) is 5.56 Å². The van der Waals surface area contributed by atoms with Crippen LogP contribution in [0.25, 0.3) is 0 Å². The van der Waals surface area contributed by atoms with E-state index in [9.17, 15) is 17.6 Å².